The highest BCUT2D eigenvalue weighted by Crippen LogP contribution is 2.45. The lowest BCUT2D eigenvalue weighted by molar-refractivity contribution is -0.137. The molecule has 2 heterocycles. The molecule has 0 aromatic carbocycles. The summed E-state index contributed by atoms with van der Waals surface area (Å²) in [5.41, 5.74) is 0. The third-order valence-electron chi connectivity index (χ3n) is 5.71. The van der Waals surface area contributed by atoms with E-state index in [1.807, 2.05) is 0 Å². The van der Waals surface area contributed by atoms with Crippen LogP contribution in [0.25, 0.3) is 0 Å². The van der Waals surface area contributed by atoms with E-state index >= 15 is 0 Å². The van der Waals surface area contributed by atoms with E-state index in [1.165, 1.54) is 32.1 Å². The average molecular weight is 353 g/mol. The highest BCUT2D eigenvalue weighted by molar-refractivity contribution is 5.66. The summed E-state index contributed by atoms with van der Waals surface area (Å²) in [5, 5.41) is 8.67. The van der Waals surface area contributed by atoms with Gasteiger partial charge in [-0.05, 0) is 51.4 Å². The molecule has 2 fully saturated rings. The zero-order chi connectivity index (χ0) is 18.1. The molecule has 4 heteroatoms. The Morgan fingerprint density at radius 1 is 1.20 bits per heavy atom. The van der Waals surface area contributed by atoms with Gasteiger partial charge in [-0.1, -0.05) is 38.3 Å². The van der Waals surface area contributed by atoms with Gasteiger partial charge in [0.2, 0.25) is 0 Å². The lowest BCUT2D eigenvalue weighted by Gasteiger charge is -2.28. The minimum Gasteiger partial charge on any atom is -0.481 e. The molecule has 2 aliphatic rings. The highest BCUT2D eigenvalue weighted by atomic mass is 16.5. The molecular weight excluding hydrogens is 316 g/mol. The first-order valence-electron chi connectivity index (χ1n) is 10.3. The van der Waals surface area contributed by atoms with Crippen LogP contribution in [0, 0.1) is 11.8 Å². The second-order valence-corrected chi connectivity index (χ2v) is 7.75. The van der Waals surface area contributed by atoms with Gasteiger partial charge >= 0.3 is 5.97 Å². The quantitative estimate of drug-likeness (QED) is 0.376. The molecule has 0 aliphatic carbocycles. The van der Waals surface area contributed by atoms with E-state index < -0.39 is 5.97 Å². The molecular formula is C21H36O4. The van der Waals surface area contributed by atoms with Gasteiger partial charge in [0.25, 0.3) is 0 Å². The first-order chi connectivity index (χ1) is 12.1. The van der Waals surface area contributed by atoms with Gasteiger partial charge in [-0.2, -0.15) is 0 Å². The van der Waals surface area contributed by atoms with Gasteiger partial charge in [0.15, 0.2) is 0 Å². The monoisotopic (exact) mass is 352 g/mol. The second-order valence-electron chi connectivity index (χ2n) is 7.75. The molecule has 0 aromatic rings. The Morgan fingerprint density at radius 3 is 2.68 bits per heavy atom. The van der Waals surface area contributed by atoms with Gasteiger partial charge in [-0.15, -0.1) is 0 Å². The Balaban J connectivity index is 1.71. The molecule has 2 bridgehead atoms. The number of allylic oxidation sites excluding steroid dienone is 2. The summed E-state index contributed by atoms with van der Waals surface area (Å²) in [6, 6.07) is 0. The summed E-state index contributed by atoms with van der Waals surface area (Å²) in [5.74, 6) is 0.383. The summed E-state index contributed by atoms with van der Waals surface area (Å²) in [4.78, 5) is 10.5. The van der Waals surface area contributed by atoms with Crippen LogP contribution in [-0.4, -0.2) is 36.0 Å². The number of carboxylic acid groups (broad SMARTS) is 1. The minimum atomic E-state index is -0.708. The van der Waals surface area contributed by atoms with Crippen LogP contribution in [0.15, 0.2) is 12.2 Å². The molecule has 0 spiro atoms. The maximum atomic E-state index is 10.5. The predicted molar refractivity (Wildman–Crippen MR) is 99.7 cm³/mol. The lowest BCUT2D eigenvalue weighted by atomic mass is 9.78. The molecule has 2 rings (SSSR count). The Bertz CT molecular complexity index is 420. The van der Waals surface area contributed by atoms with E-state index in [0.29, 0.717) is 30.1 Å². The smallest absolute Gasteiger partial charge is 0.303 e. The van der Waals surface area contributed by atoms with Gasteiger partial charge in [-0.25, -0.2) is 0 Å². The van der Waals surface area contributed by atoms with E-state index in [4.69, 9.17) is 14.6 Å². The molecule has 0 radical (unpaired) electrons. The Hall–Kier alpha value is -0.870. The molecule has 0 amide bonds. The molecule has 1 unspecified atom stereocenters. The Kier molecular flexibility index (Phi) is 8.97. The van der Waals surface area contributed by atoms with Crippen molar-refractivity contribution in [2.75, 3.05) is 6.61 Å². The van der Waals surface area contributed by atoms with E-state index in [0.717, 1.165) is 32.3 Å². The van der Waals surface area contributed by atoms with Crippen molar-refractivity contribution in [2.24, 2.45) is 11.8 Å². The van der Waals surface area contributed by atoms with Crippen LogP contribution in [-0.2, 0) is 14.3 Å². The lowest BCUT2D eigenvalue weighted by Crippen LogP contribution is -2.31. The fourth-order valence-corrected chi connectivity index (χ4v) is 4.21. The number of carbonyl (C=O) groups is 1. The average Bonchev–Trinajstić information content (AvgIpc) is 3.17. The molecule has 0 saturated carbocycles. The molecule has 5 atom stereocenters. The largest absolute Gasteiger partial charge is 0.481 e. The molecule has 1 N–H and O–H groups in total. The third kappa shape index (κ3) is 6.74. The van der Waals surface area contributed by atoms with Gasteiger partial charge < -0.3 is 14.6 Å². The number of unbranched alkanes of at least 4 members (excludes halogenated alkanes) is 3. The van der Waals surface area contributed by atoms with Crippen LogP contribution < -0.4 is 0 Å². The van der Waals surface area contributed by atoms with Crippen LogP contribution in [0.2, 0.25) is 0 Å². The second kappa shape index (κ2) is 11.0. The van der Waals surface area contributed by atoms with Crippen molar-refractivity contribution in [2.45, 2.75) is 96.4 Å². The van der Waals surface area contributed by atoms with Gasteiger partial charge in [0.1, 0.15) is 0 Å². The maximum absolute atomic E-state index is 10.5. The maximum Gasteiger partial charge on any atom is 0.303 e. The summed E-state index contributed by atoms with van der Waals surface area (Å²) >= 11 is 0. The van der Waals surface area contributed by atoms with Crippen molar-refractivity contribution < 1.29 is 19.4 Å². The van der Waals surface area contributed by atoms with Crippen molar-refractivity contribution in [1.29, 1.82) is 0 Å². The Morgan fingerprint density at radius 2 is 1.96 bits per heavy atom. The predicted octanol–water partition coefficient (Wildman–Crippen LogP) is 4.97. The highest BCUT2D eigenvalue weighted by Gasteiger charge is 2.48. The third-order valence-corrected chi connectivity index (χ3v) is 5.71. The fourth-order valence-electron chi connectivity index (χ4n) is 4.21. The first kappa shape index (κ1) is 20.4. The van der Waals surface area contributed by atoms with E-state index in [2.05, 4.69) is 26.0 Å². The summed E-state index contributed by atoms with van der Waals surface area (Å²) in [6.07, 6.45) is 15.7. The van der Waals surface area contributed by atoms with Gasteiger partial charge in [0, 0.05) is 12.3 Å². The summed E-state index contributed by atoms with van der Waals surface area (Å²) in [7, 11) is 0. The Labute approximate surface area is 153 Å². The number of hydrogen-bond acceptors (Lipinski definition) is 3. The standard InChI is InChI=1S/C21H36O4/c1-3-4-7-10-16(2)24-15-18-17(19-13-14-20(18)25-19)11-8-5-6-9-12-21(22)23/h5,8,16-20H,3-4,6-7,9-15H2,1-2H3,(H,22,23)/b8-5-/t16?,17-,18+,19-,20+/m0/s1. The molecule has 2 aliphatic heterocycles. The summed E-state index contributed by atoms with van der Waals surface area (Å²) in [6.45, 7) is 5.25. The van der Waals surface area contributed by atoms with Gasteiger partial charge in [-0.3, -0.25) is 4.79 Å². The molecule has 144 valence electrons. The van der Waals surface area contributed by atoms with Crippen molar-refractivity contribution in [3.05, 3.63) is 12.2 Å². The SMILES string of the molecule is CCCCCC(C)OC[C@@H]1[C@H](C/C=C\CCCC(=O)O)[C@@H]2CC[C@H]1O2. The number of hydrogen-bond donors (Lipinski definition) is 1. The number of aliphatic carboxylic acids is 1. The fraction of sp³-hybridized carbons (Fsp3) is 0.857. The van der Waals surface area contributed by atoms with E-state index in [1.54, 1.807) is 0 Å². The summed E-state index contributed by atoms with van der Waals surface area (Å²) < 4.78 is 12.3. The zero-order valence-electron chi connectivity index (χ0n) is 16.0. The van der Waals surface area contributed by atoms with E-state index in [9.17, 15) is 4.79 Å². The normalized spacial score (nSPS) is 29.5. The van der Waals surface area contributed by atoms with Crippen LogP contribution >= 0.6 is 0 Å². The molecule has 4 nitrogen and oxygen atoms in total. The van der Waals surface area contributed by atoms with Crippen LogP contribution in [0.1, 0.15) is 78.1 Å². The van der Waals surface area contributed by atoms with Gasteiger partial charge in [0.05, 0.1) is 24.9 Å². The first-order valence-corrected chi connectivity index (χ1v) is 10.3. The van der Waals surface area contributed by atoms with Crippen molar-refractivity contribution in [3.63, 3.8) is 0 Å². The van der Waals surface area contributed by atoms with Crippen LogP contribution in [0.4, 0.5) is 0 Å². The molecule has 2 saturated heterocycles. The minimum absolute atomic E-state index is 0.258. The molecule has 0 aromatic heterocycles. The van der Waals surface area contributed by atoms with Crippen molar-refractivity contribution in [1.82, 2.24) is 0 Å². The van der Waals surface area contributed by atoms with Crippen LogP contribution in [0.3, 0.4) is 0 Å². The van der Waals surface area contributed by atoms with E-state index in [-0.39, 0.29) is 6.42 Å². The topological polar surface area (TPSA) is 55.8 Å². The number of ether oxygens (including phenoxy) is 2. The molecule has 25 heavy (non-hydrogen) atoms. The van der Waals surface area contributed by atoms with Crippen molar-refractivity contribution >= 4 is 5.97 Å². The number of fused-ring (bicyclic) bond motifs is 2. The number of rotatable bonds is 13. The van der Waals surface area contributed by atoms with Crippen molar-refractivity contribution in [3.8, 4) is 0 Å². The zero-order valence-corrected chi connectivity index (χ0v) is 16.0. The van der Waals surface area contributed by atoms with Crippen LogP contribution in [0.5, 0.6) is 0 Å². The number of carboxylic acids is 1.